The Morgan fingerprint density at radius 3 is 2.52 bits per heavy atom. The molecule has 5 rings (SSSR count). The molecule has 0 bridgehead atoms. The molecule has 1 fully saturated rings. The van der Waals surface area contributed by atoms with Gasteiger partial charge in [0.15, 0.2) is 0 Å². The van der Waals surface area contributed by atoms with Gasteiger partial charge in [0.2, 0.25) is 0 Å². The molecular weight excluding hydrogens is 598 g/mol. The monoisotopic (exact) mass is 629 g/mol. The zero-order valence-corrected chi connectivity index (χ0v) is 25.2. The van der Waals surface area contributed by atoms with Crippen molar-refractivity contribution in [2.24, 2.45) is 5.92 Å². The van der Waals surface area contributed by atoms with Crippen LogP contribution in [0.15, 0.2) is 52.8 Å². The Morgan fingerprint density at radius 2 is 1.89 bits per heavy atom. The van der Waals surface area contributed by atoms with Gasteiger partial charge in [0.1, 0.15) is 22.3 Å². The normalized spacial score (nSPS) is 13.9. The van der Waals surface area contributed by atoms with E-state index in [0.29, 0.717) is 49.6 Å². The second-order valence-corrected chi connectivity index (χ2v) is 11.6. The molecule has 1 aliphatic heterocycles. The van der Waals surface area contributed by atoms with Gasteiger partial charge >= 0.3 is 6.18 Å². The molecule has 0 radical (unpaired) electrons. The first-order valence-electron chi connectivity index (χ1n) is 14.2. The third-order valence-electron chi connectivity index (χ3n) is 7.09. The Hall–Kier alpha value is -4.10. The number of hydrogen-bond acceptors (Lipinski definition) is 7. The summed E-state index contributed by atoms with van der Waals surface area (Å²) in [6.45, 7) is 8.14. The lowest BCUT2D eigenvalue weighted by atomic mass is 9.99. The smallest absolute Gasteiger partial charge is 0.433 e. The molecule has 0 unspecified atom stereocenters. The van der Waals surface area contributed by atoms with Crippen molar-refractivity contribution in [3.05, 3.63) is 81.1 Å². The van der Waals surface area contributed by atoms with Gasteiger partial charge in [-0.1, -0.05) is 13.8 Å². The number of rotatable bonds is 8. The van der Waals surface area contributed by atoms with Gasteiger partial charge in [-0.25, -0.2) is 9.37 Å². The summed E-state index contributed by atoms with van der Waals surface area (Å²) in [5, 5.41) is 5.08. The summed E-state index contributed by atoms with van der Waals surface area (Å²) in [6.07, 6.45) is -3.17. The van der Waals surface area contributed by atoms with Crippen molar-refractivity contribution < 1.29 is 27.1 Å². The first-order chi connectivity index (χ1) is 21.0. The number of amides is 1. The molecule has 4 heterocycles. The van der Waals surface area contributed by atoms with Crippen LogP contribution >= 0.6 is 11.3 Å². The molecule has 232 valence electrons. The molecule has 1 aliphatic rings. The molecule has 1 N–H and O–H groups in total. The Labute approximate surface area is 255 Å². The number of benzene rings is 1. The van der Waals surface area contributed by atoms with Crippen molar-refractivity contribution in [1.29, 1.82) is 0 Å². The number of carbonyl (C=O) groups is 1. The van der Waals surface area contributed by atoms with E-state index in [9.17, 15) is 27.2 Å². The Morgan fingerprint density at radius 1 is 1.14 bits per heavy atom. The molecule has 13 heteroatoms. The maximum atomic E-state index is 14.7. The van der Waals surface area contributed by atoms with Gasteiger partial charge in [-0.2, -0.15) is 13.2 Å². The van der Waals surface area contributed by atoms with E-state index < -0.39 is 23.2 Å². The molecule has 0 atom stereocenters. The number of hydrogen-bond donors (Lipinski definition) is 1. The second kappa shape index (κ2) is 12.9. The number of carbonyl (C=O) groups excluding carboxylic acids is 1. The van der Waals surface area contributed by atoms with Crippen LogP contribution in [0.25, 0.3) is 27.5 Å². The first-order valence-corrected chi connectivity index (χ1v) is 15.1. The number of ether oxygens (including phenoxy) is 1. The Bertz CT molecular complexity index is 1710. The minimum absolute atomic E-state index is 0.0313. The highest BCUT2D eigenvalue weighted by Crippen LogP contribution is 2.33. The molecule has 1 amide bonds. The number of aromatic nitrogens is 3. The van der Waals surface area contributed by atoms with Crippen LogP contribution in [0.4, 0.5) is 17.6 Å². The van der Waals surface area contributed by atoms with Gasteiger partial charge in [-0.15, -0.1) is 11.3 Å². The number of nitrogens with zero attached hydrogens (tertiary/aromatic N) is 4. The van der Waals surface area contributed by atoms with Crippen LogP contribution in [0.5, 0.6) is 5.75 Å². The Kier molecular flexibility index (Phi) is 9.16. The van der Waals surface area contributed by atoms with Crippen molar-refractivity contribution in [2.45, 2.75) is 33.4 Å². The molecule has 4 aromatic rings. The number of nitrogens with one attached hydrogen (secondary N) is 1. The number of pyridine rings is 2. The first kappa shape index (κ1) is 31.3. The quantitative estimate of drug-likeness (QED) is 0.247. The van der Waals surface area contributed by atoms with Gasteiger partial charge in [0, 0.05) is 55.1 Å². The van der Waals surface area contributed by atoms with Crippen molar-refractivity contribution in [3.8, 4) is 33.3 Å². The van der Waals surface area contributed by atoms with Crippen LogP contribution in [0, 0.1) is 11.7 Å². The van der Waals surface area contributed by atoms with Crippen LogP contribution in [0.3, 0.4) is 0 Å². The number of thiazole rings is 1. The summed E-state index contributed by atoms with van der Waals surface area (Å²) < 4.78 is 61.0. The maximum absolute atomic E-state index is 14.7. The van der Waals surface area contributed by atoms with E-state index in [1.54, 1.807) is 17.2 Å². The van der Waals surface area contributed by atoms with Crippen LogP contribution in [-0.2, 0) is 12.6 Å². The van der Waals surface area contributed by atoms with Gasteiger partial charge in [-0.05, 0) is 49.6 Å². The largest absolute Gasteiger partial charge is 0.492 e. The van der Waals surface area contributed by atoms with Crippen molar-refractivity contribution in [1.82, 2.24) is 24.8 Å². The number of piperazine rings is 1. The van der Waals surface area contributed by atoms with Gasteiger partial charge in [0.05, 0.1) is 29.1 Å². The lowest BCUT2D eigenvalue weighted by Gasteiger charge is -2.29. The summed E-state index contributed by atoms with van der Waals surface area (Å²) in [6, 6.07) is 7.56. The molecule has 0 spiro atoms. The average Bonchev–Trinajstić information content (AvgIpc) is 3.48. The van der Waals surface area contributed by atoms with Gasteiger partial charge in [0.25, 0.3) is 11.5 Å². The van der Waals surface area contributed by atoms with E-state index in [1.165, 1.54) is 34.9 Å². The van der Waals surface area contributed by atoms with E-state index in [1.807, 2.05) is 13.8 Å². The lowest BCUT2D eigenvalue weighted by Crippen LogP contribution is -2.47. The van der Waals surface area contributed by atoms with Crippen molar-refractivity contribution in [3.63, 3.8) is 0 Å². The van der Waals surface area contributed by atoms with E-state index in [2.05, 4.69) is 15.3 Å². The van der Waals surface area contributed by atoms with Crippen LogP contribution < -0.4 is 15.6 Å². The predicted molar refractivity (Wildman–Crippen MR) is 160 cm³/mol. The van der Waals surface area contributed by atoms with Crippen molar-refractivity contribution >= 4 is 17.2 Å². The fourth-order valence-electron chi connectivity index (χ4n) is 5.06. The average molecular weight is 630 g/mol. The zero-order chi connectivity index (χ0) is 31.6. The fraction of sp³-hybridized carbons (Fsp3) is 0.355. The standard InChI is InChI=1S/C31H31F4N5O3S/c1-4-43-26-7-6-20(32)14-25(26)40-24(13-18(2)3)21(29(41)39-11-9-36-10-12-39)15-22(30(40)42)28-38-23(17-44-28)19-5-8-27(37-16-19)31(33,34)35/h5-8,14-18,36H,4,9-13H2,1-3H3. The molecule has 44 heavy (non-hydrogen) atoms. The molecule has 1 saturated heterocycles. The third kappa shape index (κ3) is 6.53. The highest BCUT2D eigenvalue weighted by molar-refractivity contribution is 7.13. The van der Waals surface area contributed by atoms with E-state index in [0.717, 1.165) is 23.6 Å². The van der Waals surface area contributed by atoms with E-state index >= 15 is 0 Å². The molecule has 0 aliphatic carbocycles. The Balaban J connectivity index is 1.73. The molecular formula is C31H31F4N5O3S. The van der Waals surface area contributed by atoms with Crippen molar-refractivity contribution in [2.75, 3.05) is 32.8 Å². The van der Waals surface area contributed by atoms with Crippen LogP contribution in [-0.4, -0.2) is 58.1 Å². The molecule has 8 nitrogen and oxygen atoms in total. The summed E-state index contributed by atoms with van der Waals surface area (Å²) in [7, 11) is 0. The molecule has 1 aromatic carbocycles. The lowest BCUT2D eigenvalue weighted by molar-refractivity contribution is -0.141. The minimum Gasteiger partial charge on any atom is -0.492 e. The summed E-state index contributed by atoms with van der Waals surface area (Å²) in [4.78, 5) is 38.2. The summed E-state index contributed by atoms with van der Waals surface area (Å²) in [5.41, 5.74) is 0.0538. The molecule has 0 saturated carbocycles. The minimum atomic E-state index is -4.58. The maximum Gasteiger partial charge on any atom is 0.433 e. The van der Waals surface area contributed by atoms with E-state index in [-0.39, 0.29) is 46.0 Å². The molecule has 3 aromatic heterocycles. The predicted octanol–water partition coefficient (Wildman–Crippen LogP) is 5.82. The highest BCUT2D eigenvalue weighted by atomic mass is 32.1. The van der Waals surface area contributed by atoms with Crippen LogP contribution in [0.2, 0.25) is 0 Å². The second-order valence-electron chi connectivity index (χ2n) is 10.7. The van der Waals surface area contributed by atoms with Crippen LogP contribution in [0.1, 0.15) is 42.5 Å². The SMILES string of the molecule is CCOc1ccc(F)cc1-n1c(CC(C)C)c(C(=O)N2CCNCC2)cc(-c2nc(-c3ccc(C(F)(F)F)nc3)cs2)c1=O. The third-order valence-corrected chi connectivity index (χ3v) is 7.96. The van der Waals surface area contributed by atoms with Gasteiger partial charge < -0.3 is 15.0 Å². The number of halogens is 4. The fourth-order valence-corrected chi connectivity index (χ4v) is 5.89. The van der Waals surface area contributed by atoms with Gasteiger partial charge in [-0.3, -0.25) is 19.1 Å². The van der Waals surface area contributed by atoms with E-state index in [4.69, 9.17) is 4.74 Å². The summed E-state index contributed by atoms with van der Waals surface area (Å²) in [5.74, 6) is -0.550. The summed E-state index contributed by atoms with van der Waals surface area (Å²) >= 11 is 1.10. The number of alkyl halides is 3. The zero-order valence-electron chi connectivity index (χ0n) is 24.4. The highest BCUT2D eigenvalue weighted by Gasteiger charge is 2.32. The topological polar surface area (TPSA) is 89.3 Å².